The molecule has 0 unspecified atom stereocenters. The van der Waals surface area contributed by atoms with E-state index in [-0.39, 0.29) is 19.0 Å². The molecule has 0 fully saturated rings. The number of aliphatic carboxylic acids is 1. The maximum absolute atomic E-state index is 9.94. The summed E-state index contributed by atoms with van der Waals surface area (Å²) in [4.78, 5) is 11.3. The first-order valence-electron chi connectivity index (χ1n) is 2.32. The molecule has 5 nitrogen and oxygen atoms in total. The molecule has 0 rings (SSSR count). The SMILES string of the molecule is CN(C=NN)CC(=O)O.Cl. The molecule has 0 heterocycles. The van der Waals surface area contributed by atoms with Gasteiger partial charge < -0.3 is 15.8 Å². The summed E-state index contributed by atoms with van der Waals surface area (Å²) in [5, 5.41) is 11.3. The number of hydrogen-bond acceptors (Lipinski definition) is 3. The van der Waals surface area contributed by atoms with E-state index in [4.69, 9.17) is 10.9 Å². The van der Waals surface area contributed by atoms with Crippen LogP contribution >= 0.6 is 12.4 Å². The van der Waals surface area contributed by atoms with Crippen LogP contribution in [0.4, 0.5) is 0 Å². The molecule has 0 aliphatic heterocycles. The Labute approximate surface area is 64.9 Å². The van der Waals surface area contributed by atoms with Crippen LogP contribution in [-0.2, 0) is 4.79 Å². The molecular formula is C4H10ClN3O2. The largest absolute Gasteiger partial charge is 0.480 e. The molecule has 6 heteroatoms. The van der Waals surface area contributed by atoms with Crippen molar-refractivity contribution >= 4 is 24.7 Å². The minimum Gasteiger partial charge on any atom is -0.480 e. The Kier molecular flexibility index (Phi) is 7.25. The molecule has 0 aromatic heterocycles. The van der Waals surface area contributed by atoms with Crippen LogP contribution in [0.5, 0.6) is 0 Å². The molecule has 0 aliphatic rings. The zero-order chi connectivity index (χ0) is 7.28. The van der Waals surface area contributed by atoms with Crippen LogP contribution in [0.1, 0.15) is 0 Å². The minimum absolute atomic E-state index is 0. The summed E-state index contributed by atoms with van der Waals surface area (Å²) in [5.41, 5.74) is 0. The van der Waals surface area contributed by atoms with Gasteiger partial charge in [0.15, 0.2) is 0 Å². The van der Waals surface area contributed by atoms with Crippen LogP contribution in [0.3, 0.4) is 0 Å². The van der Waals surface area contributed by atoms with E-state index in [1.165, 1.54) is 11.2 Å². The molecule has 0 saturated carbocycles. The molecule has 0 aromatic rings. The third kappa shape index (κ3) is 7.03. The van der Waals surface area contributed by atoms with E-state index >= 15 is 0 Å². The quantitative estimate of drug-likeness (QED) is 0.253. The standard InChI is InChI=1S/C4H9N3O2.ClH/c1-7(3-6-5)2-4(8)9;/h3H,2,5H2,1H3,(H,8,9);1H. The molecule has 3 N–H and O–H groups in total. The van der Waals surface area contributed by atoms with Crippen molar-refractivity contribution in [3.8, 4) is 0 Å². The minimum atomic E-state index is -0.905. The Balaban J connectivity index is 0. The van der Waals surface area contributed by atoms with Crippen molar-refractivity contribution in [2.45, 2.75) is 0 Å². The fourth-order valence-electron chi connectivity index (χ4n) is 0.368. The second kappa shape index (κ2) is 6.15. The topological polar surface area (TPSA) is 78.9 Å². The zero-order valence-electron chi connectivity index (χ0n) is 5.52. The molecule has 0 radical (unpaired) electrons. The molecule has 0 aromatic carbocycles. The van der Waals surface area contributed by atoms with Crippen LogP contribution < -0.4 is 5.84 Å². The lowest BCUT2D eigenvalue weighted by atomic mass is 10.6. The number of carboxylic acid groups (broad SMARTS) is 1. The van der Waals surface area contributed by atoms with Gasteiger partial charge in [0.2, 0.25) is 0 Å². The maximum Gasteiger partial charge on any atom is 0.323 e. The number of halogens is 1. The van der Waals surface area contributed by atoms with E-state index in [9.17, 15) is 4.79 Å². The van der Waals surface area contributed by atoms with Crippen molar-refractivity contribution in [1.82, 2.24) is 4.90 Å². The Hall–Kier alpha value is -0.970. The van der Waals surface area contributed by atoms with E-state index in [0.29, 0.717) is 0 Å². The fourth-order valence-corrected chi connectivity index (χ4v) is 0.368. The average molecular weight is 168 g/mol. The predicted octanol–water partition coefficient (Wildman–Crippen LogP) is -0.673. The van der Waals surface area contributed by atoms with Crippen LogP contribution in [0, 0.1) is 0 Å². The summed E-state index contributed by atoms with van der Waals surface area (Å²) in [6, 6.07) is 0. The Morgan fingerprint density at radius 2 is 2.40 bits per heavy atom. The molecule has 0 saturated heterocycles. The third-order valence-electron chi connectivity index (χ3n) is 0.648. The maximum atomic E-state index is 9.94. The predicted molar refractivity (Wildman–Crippen MR) is 40.2 cm³/mol. The van der Waals surface area contributed by atoms with Crippen LogP contribution in [0.2, 0.25) is 0 Å². The van der Waals surface area contributed by atoms with Gasteiger partial charge in [-0.05, 0) is 0 Å². The fraction of sp³-hybridized carbons (Fsp3) is 0.500. The monoisotopic (exact) mass is 167 g/mol. The van der Waals surface area contributed by atoms with E-state index in [0.717, 1.165) is 0 Å². The summed E-state index contributed by atoms with van der Waals surface area (Å²) in [7, 11) is 1.57. The normalized spacial score (nSPS) is 8.90. The molecule has 60 valence electrons. The highest BCUT2D eigenvalue weighted by Gasteiger charge is 1.97. The second-order valence-electron chi connectivity index (χ2n) is 1.57. The number of carboxylic acids is 1. The molecule has 0 atom stereocenters. The number of hydrazone groups is 1. The van der Waals surface area contributed by atoms with Crippen molar-refractivity contribution in [2.75, 3.05) is 13.6 Å². The first-order valence-corrected chi connectivity index (χ1v) is 2.32. The average Bonchev–Trinajstić information content (AvgIpc) is 1.63. The molecule has 0 amide bonds. The summed E-state index contributed by atoms with van der Waals surface area (Å²) in [6.45, 7) is -0.0826. The van der Waals surface area contributed by atoms with Gasteiger partial charge in [-0.15, -0.1) is 12.4 Å². The van der Waals surface area contributed by atoms with Crippen molar-refractivity contribution in [3.05, 3.63) is 0 Å². The highest BCUT2D eigenvalue weighted by molar-refractivity contribution is 5.85. The van der Waals surface area contributed by atoms with Crippen molar-refractivity contribution < 1.29 is 9.90 Å². The first-order chi connectivity index (χ1) is 4.16. The van der Waals surface area contributed by atoms with Crippen LogP contribution in [0.15, 0.2) is 5.10 Å². The zero-order valence-corrected chi connectivity index (χ0v) is 6.34. The summed E-state index contributed by atoms with van der Waals surface area (Å²) in [6.07, 6.45) is 1.24. The van der Waals surface area contributed by atoms with E-state index in [2.05, 4.69) is 5.10 Å². The number of nitrogens with two attached hydrogens (primary N) is 1. The van der Waals surface area contributed by atoms with Gasteiger partial charge >= 0.3 is 5.97 Å². The van der Waals surface area contributed by atoms with Gasteiger partial charge in [0.1, 0.15) is 12.9 Å². The van der Waals surface area contributed by atoms with Gasteiger partial charge in [0, 0.05) is 7.05 Å². The first kappa shape index (κ1) is 11.8. The highest BCUT2D eigenvalue weighted by Crippen LogP contribution is 1.73. The van der Waals surface area contributed by atoms with Gasteiger partial charge in [0.25, 0.3) is 0 Å². The van der Waals surface area contributed by atoms with Crippen LogP contribution in [0.25, 0.3) is 0 Å². The van der Waals surface area contributed by atoms with E-state index in [1.807, 2.05) is 0 Å². The number of hydrogen-bond donors (Lipinski definition) is 2. The lowest BCUT2D eigenvalue weighted by Crippen LogP contribution is -2.24. The van der Waals surface area contributed by atoms with Gasteiger partial charge in [-0.25, -0.2) is 0 Å². The summed E-state index contributed by atoms with van der Waals surface area (Å²) < 4.78 is 0. The smallest absolute Gasteiger partial charge is 0.323 e. The van der Waals surface area contributed by atoms with Gasteiger partial charge in [-0.2, -0.15) is 5.10 Å². The number of carbonyl (C=O) groups is 1. The van der Waals surface area contributed by atoms with E-state index < -0.39 is 5.97 Å². The Morgan fingerprint density at radius 1 is 1.90 bits per heavy atom. The second-order valence-corrected chi connectivity index (χ2v) is 1.57. The van der Waals surface area contributed by atoms with E-state index in [1.54, 1.807) is 7.05 Å². The lowest BCUT2D eigenvalue weighted by molar-refractivity contribution is -0.137. The van der Waals surface area contributed by atoms with Gasteiger partial charge in [-0.1, -0.05) is 0 Å². The van der Waals surface area contributed by atoms with Crippen molar-refractivity contribution in [2.24, 2.45) is 10.9 Å². The molecular weight excluding hydrogens is 158 g/mol. The van der Waals surface area contributed by atoms with Crippen molar-refractivity contribution in [1.29, 1.82) is 0 Å². The third-order valence-corrected chi connectivity index (χ3v) is 0.648. The van der Waals surface area contributed by atoms with Gasteiger partial charge in [0.05, 0.1) is 0 Å². The molecule has 10 heavy (non-hydrogen) atoms. The lowest BCUT2D eigenvalue weighted by Gasteiger charge is -2.06. The van der Waals surface area contributed by atoms with Gasteiger partial charge in [-0.3, -0.25) is 4.79 Å². The Bertz CT molecular complexity index is 128. The number of likely N-dealkylation sites (N-methyl/N-ethyl adjacent to an activating group) is 1. The molecule has 0 aliphatic carbocycles. The Morgan fingerprint density at radius 3 is 2.70 bits per heavy atom. The molecule has 0 spiro atoms. The summed E-state index contributed by atoms with van der Waals surface area (Å²) in [5.74, 6) is 3.83. The molecule has 0 bridgehead atoms. The van der Waals surface area contributed by atoms with Crippen LogP contribution in [-0.4, -0.2) is 35.9 Å². The number of nitrogens with zero attached hydrogens (tertiary/aromatic N) is 2. The van der Waals surface area contributed by atoms with Crippen molar-refractivity contribution in [3.63, 3.8) is 0 Å². The number of rotatable bonds is 3. The highest BCUT2D eigenvalue weighted by atomic mass is 35.5. The summed E-state index contributed by atoms with van der Waals surface area (Å²) >= 11 is 0.